The van der Waals surface area contributed by atoms with E-state index in [9.17, 15) is 9.59 Å². The van der Waals surface area contributed by atoms with Gasteiger partial charge in [-0.15, -0.1) is 10.2 Å². The summed E-state index contributed by atoms with van der Waals surface area (Å²) in [5.41, 5.74) is 3.57. The van der Waals surface area contributed by atoms with Crippen LogP contribution in [0.2, 0.25) is 0 Å². The number of nitrogens with one attached hydrogen (secondary N) is 1. The smallest absolute Gasteiger partial charge is 0.234 e. The molecule has 0 aliphatic carbocycles. The number of Topliss-reactive ketones (excluding diaryl/α,β-unsaturated/α-hetero) is 1. The number of thioether (sulfide) groups is 1. The number of carbonyl (C=O) groups excluding carboxylic acids is 2. The highest BCUT2D eigenvalue weighted by atomic mass is 32.2. The van der Waals surface area contributed by atoms with E-state index >= 15 is 0 Å². The molecule has 0 atom stereocenters. The van der Waals surface area contributed by atoms with Gasteiger partial charge in [0.15, 0.2) is 11.4 Å². The largest absolute Gasteiger partial charge is 0.325 e. The van der Waals surface area contributed by atoms with Crippen molar-refractivity contribution in [2.24, 2.45) is 0 Å². The quantitative estimate of drug-likeness (QED) is 0.386. The van der Waals surface area contributed by atoms with Crippen molar-refractivity contribution in [2.45, 2.75) is 25.5 Å². The Hall–Kier alpha value is -3.26. The topological polar surface area (TPSA) is 89.8 Å². The highest BCUT2D eigenvalue weighted by Gasteiger charge is 2.15. The van der Waals surface area contributed by atoms with Gasteiger partial charge in [-0.2, -0.15) is 0 Å². The van der Waals surface area contributed by atoms with E-state index in [-0.39, 0.29) is 17.4 Å². The Morgan fingerprint density at radius 2 is 1.83 bits per heavy atom. The third-order valence-corrected chi connectivity index (χ3v) is 5.42. The number of hydrogen-bond donors (Lipinski definition) is 1. The van der Waals surface area contributed by atoms with Crippen LogP contribution >= 0.6 is 11.8 Å². The van der Waals surface area contributed by atoms with E-state index in [4.69, 9.17) is 0 Å². The second-order valence-corrected chi connectivity index (χ2v) is 7.41. The summed E-state index contributed by atoms with van der Waals surface area (Å²) in [6, 6.07) is 14.9. The summed E-state index contributed by atoms with van der Waals surface area (Å²) in [7, 11) is 0. The Morgan fingerprint density at radius 1 is 1.07 bits per heavy atom. The van der Waals surface area contributed by atoms with Gasteiger partial charge < -0.3 is 9.88 Å². The lowest BCUT2D eigenvalue weighted by Crippen LogP contribution is -2.16. The minimum Gasteiger partial charge on any atom is -0.325 e. The number of para-hydroxylation sites is 2. The minimum absolute atomic E-state index is 0.0982. The fourth-order valence-corrected chi connectivity index (χ4v) is 3.87. The van der Waals surface area contributed by atoms with Crippen molar-refractivity contribution in [3.8, 4) is 0 Å². The van der Waals surface area contributed by atoms with Crippen LogP contribution in [-0.4, -0.2) is 37.2 Å². The van der Waals surface area contributed by atoms with Crippen molar-refractivity contribution in [1.82, 2.24) is 19.7 Å². The maximum absolute atomic E-state index is 12.4. The second kappa shape index (κ2) is 8.00. The van der Waals surface area contributed by atoms with Crippen LogP contribution in [0, 0.1) is 0 Å². The van der Waals surface area contributed by atoms with E-state index in [2.05, 4.69) is 32.0 Å². The van der Waals surface area contributed by atoms with Gasteiger partial charge in [-0.25, -0.2) is 4.98 Å². The molecule has 0 spiro atoms. The lowest BCUT2D eigenvalue weighted by atomic mass is 10.1. The van der Waals surface area contributed by atoms with E-state index < -0.39 is 0 Å². The molecule has 146 valence electrons. The fraction of sp³-hybridized carbons (Fsp3) is 0.190. The van der Waals surface area contributed by atoms with Gasteiger partial charge >= 0.3 is 0 Å². The van der Waals surface area contributed by atoms with Crippen molar-refractivity contribution < 1.29 is 9.59 Å². The maximum Gasteiger partial charge on any atom is 0.234 e. The number of nitrogens with zero attached hydrogens (tertiary/aromatic N) is 4. The van der Waals surface area contributed by atoms with Crippen molar-refractivity contribution in [3.63, 3.8) is 0 Å². The van der Waals surface area contributed by atoms with Gasteiger partial charge in [-0.3, -0.25) is 9.59 Å². The standard InChI is InChI=1S/C21H19N5O2S/c1-3-26-17-11-7-5-9-15(17)19-20(26)23-21(25-24-19)29-12-18(28)22-16-10-6-4-8-14(16)13(2)27/h4-11H,3,12H2,1-2H3,(H,22,28). The molecule has 0 unspecified atom stereocenters. The molecule has 7 nitrogen and oxygen atoms in total. The van der Waals surface area contributed by atoms with Gasteiger partial charge in [0.2, 0.25) is 11.1 Å². The number of benzene rings is 2. The third kappa shape index (κ3) is 3.71. The first-order valence-electron chi connectivity index (χ1n) is 9.22. The lowest BCUT2D eigenvalue weighted by Gasteiger charge is -2.08. The molecule has 2 aromatic carbocycles. The molecule has 1 N–H and O–H groups in total. The molecule has 0 radical (unpaired) electrons. The molecule has 2 heterocycles. The zero-order valence-corrected chi connectivity index (χ0v) is 16.9. The molecular formula is C21H19N5O2S. The second-order valence-electron chi connectivity index (χ2n) is 6.47. The molecule has 0 bridgehead atoms. The number of anilines is 1. The number of aromatic nitrogens is 4. The summed E-state index contributed by atoms with van der Waals surface area (Å²) in [5.74, 6) is -0.214. The molecule has 4 aromatic rings. The first-order chi connectivity index (χ1) is 14.1. The lowest BCUT2D eigenvalue weighted by molar-refractivity contribution is -0.113. The first-order valence-corrected chi connectivity index (χ1v) is 10.2. The van der Waals surface area contributed by atoms with E-state index in [1.165, 1.54) is 18.7 Å². The molecule has 0 aliphatic heterocycles. The van der Waals surface area contributed by atoms with Gasteiger partial charge in [0, 0.05) is 17.5 Å². The molecule has 8 heteroatoms. The van der Waals surface area contributed by atoms with Crippen molar-refractivity contribution in [2.75, 3.05) is 11.1 Å². The zero-order valence-electron chi connectivity index (χ0n) is 16.0. The predicted molar refractivity (Wildman–Crippen MR) is 114 cm³/mol. The van der Waals surface area contributed by atoms with E-state index in [0.717, 1.165) is 28.6 Å². The highest BCUT2D eigenvalue weighted by molar-refractivity contribution is 7.99. The van der Waals surface area contributed by atoms with Gasteiger partial charge in [-0.05, 0) is 32.0 Å². The number of hydrogen-bond acceptors (Lipinski definition) is 6. The van der Waals surface area contributed by atoms with Crippen LogP contribution in [-0.2, 0) is 11.3 Å². The maximum atomic E-state index is 12.4. The summed E-state index contributed by atoms with van der Waals surface area (Å²) in [6.07, 6.45) is 0. The number of aryl methyl sites for hydroxylation is 1. The Balaban J connectivity index is 1.54. The Bertz CT molecular complexity index is 1230. The van der Waals surface area contributed by atoms with Crippen LogP contribution in [0.1, 0.15) is 24.2 Å². The molecule has 4 rings (SSSR count). The normalized spacial score (nSPS) is 11.1. The number of carbonyl (C=O) groups is 2. The molecule has 0 fully saturated rings. The number of ketones is 1. The van der Waals surface area contributed by atoms with Gasteiger partial charge in [0.05, 0.1) is 17.0 Å². The Labute approximate surface area is 171 Å². The van der Waals surface area contributed by atoms with E-state index in [0.29, 0.717) is 16.4 Å². The van der Waals surface area contributed by atoms with Crippen LogP contribution in [0.25, 0.3) is 22.1 Å². The molecule has 0 saturated carbocycles. The summed E-state index contributed by atoms with van der Waals surface area (Å²) in [6.45, 7) is 4.29. The molecule has 0 aliphatic rings. The van der Waals surface area contributed by atoms with Crippen molar-refractivity contribution in [3.05, 3.63) is 54.1 Å². The van der Waals surface area contributed by atoms with Gasteiger partial charge in [0.25, 0.3) is 0 Å². The fourth-order valence-electron chi connectivity index (χ4n) is 3.29. The molecule has 2 aromatic heterocycles. The average Bonchev–Trinajstić information content (AvgIpc) is 3.05. The Kier molecular flexibility index (Phi) is 5.26. The SMILES string of the molecule is CCn1c2ccccc2c2nnc(SCC(=O)Nc3ccccc3C(C)=O)nc21. The number of rotatable bonds is 6. The predicted octanol–water partition coefficient (Wildman–Crippen LogP) is 3.93. The van der Waals surface area contributed by atoms with Gasteiger partial charge in [-0.1, -0.05) is 42.1 Å². The van der Waals surface area contributed by atoms with Crippen LogP contribution in [0.3, 0.4) is 0 Å². The molecule has 1 amide bonds. The number of amides is 1. The van der Waals surface area contributed by atoms with Crippen LogP contribution in [0.5, 0.6) is 0 Å². The van der Waals surface area contributed by atoms with Gasteiger partial charge in [0.1, 0.15) is 5.52 Å². The summed E-state index contributed by atoms with van der Waals surface area (Å²) in [4.78, 5) is 28.7. The molecular weight excluding hydrogens is 386 g/mol. The zero-order chi connectivity index (χ0) is 20.4. The third-order valence-electron chi connectivity index (χ3n) is 4.58. The van der Waals surface area contributed by atoms with Crippen LogP contribution < -0.4 is 5.32 Å². The first kappa shape index (κ1) is 19.1. The van der Waals surface area contributed by atoms with Crippen LogP contribution in [0.15, 0.2) is 53.7 Å². The molecule has 0 saturated heterocycles. The summed E-state index contributed by atoms with van der Waals surface area (Å²) < 4.78 is 2.09. The van der Waals surface area contributed by atoms with Crippen molar-refractivity contribution >= 4 is 51.2 Å². The monoisotopic (exact) mass is 405 g/mol. The van der Waals surface area contributed by atoms with Crippen LogP contribution in [0.4, 0.5) is 5.69 Å². The highest BCUT2D eigenvalue weighted by Crippen LogP contribution is 2.27. The Morgan fingerprint density at radius 3 is 2.62 bits per heavy atom. The van der Waals surface area contributed by atoms with E-state index in [1.54, 1.807) is 24.3 Å². The summed E-state index contributed by atoms with van der Waals surface area (Å²) >= 11 is 1.21. The minimum atomic E-state index is -0.233. The van der Waals surface area contributed by atoms with Crippen molar-refractivity contribution in [1.29, 1.82) is 0 Å². The summed E-state index contributed by atoms with van der Waals surface area (Å²) in [5, 5.41) is 12.8. The number of fused-ring (bicyclic) bond motifs is 3. The average molecular weight is 405 g/mol. The molecule has 29 heavy (non-hydrogen) atoms. The van der Waals surface area contributed by atoms with E-state index in [1.807, 2.05) is 24.3 Å².